The van der Waals surface area contributed by atoms with Crippen LogP contribution < -0.4 is 10.2 Å². The van der Waals surface area contributed by atoms with Gasteiger partial charge >= 0.3 is 0 Å². The molecule has 3 aromatic rings. The Hall–Kier alpha value is -3.28. The molecule has 2 fully saturated rings. The molecule has 146 valence electrons. The maximum Gasteiger partial charge on any atom is 0.230 e. The van der Waals surface area contributed by atoms with E-state index < -0.39 is 0 Å². The number of carbonyl (C=O) groups excluding carboxylic acids is 1. The van der Waals surface area contributed by atoms with E-state index in [2.05, 4.69) is 37.5 Å². The predicted octanol–water partition coefficient (Wildman–Crippen LogP) is 2.82. The van der Waals surface area contributed by atoms with E-state index in [0.29, 0.717) is 12.5 Å². The van der Waals surface area contributed by atoms with Crippen LogP contribution in [0.15, 0.2) is 67.0 Å². The van der Waals surface area contributed by atoms with E-state index in [1.165, 1.54) is 0 Å². The van der Waals surface area contributed by atoms with Gasteiger partial charge in [-0.2, -0.15) is 0 Å². The van der Waals surface area contributed by atoms with Gasteiger partial charge in [0.25, 0.3) is 0 Å². The number of hydrogen-bond acceptors (Lipinski definition) is 5. The highest BCUT2D eigenvalue weighted by molar-refractivity contribution is 5.91. The molecule has 1 saturated carbocycles. The summed E-state index contributed by atoms with van der Waals surface area (Å²) in [4.78, 5) is 19.0. The molecule has 3 heterocycles. The summed E-state index contributed by atoms with van der Waals surface area (Å²) in [7, 11) is 0. The number of nitrogens with zero attached hydrogens (tertiary/aromatic N) is 4. The Balaban J connectivity index is 1.13. The number of pyridine rings is 1. The smallest absolute Gasteiger partial charge is 0.230 e. The van der Waals surface area contributed by atoms with Crippen molar-refractivity contribution in [2.24, 2.45) is 5.92 Å². The normalized spacial score (nSPS) is 17.4. The predicted molar refractivity (Wildman–Crippen MR) is 111 cm³/mol. The summed E-state index contributed by atoms with van der Waals surface area (Å²) in [6.07, 6.45) is 5.39. The summed E-state index contributed by atoms with van der Waals surface area (Å²) < 4.78 is 0. The van der Waals surface area contributed by atoms with Gasteiger partial charge in [-0.05, 0) is 42.7 Å². The topological polar surface area (TPSA) is 71.0 Å². The number of hydrogen-bond donors (Lipinski definition) is 1. The van der Waals surface area contributed by atoms with Crippen molar-refractivity contribution >= 4 is 11.7 Å². The number of amides is 1. The van der Waals surface area contributed by atoms with E-state index in [0.717, 1.165) is 48.6 Å². The zero-order valence-corrected chi connectivity index (χ0v) is 16.2. The van der Waals surface area contributed by atoms with Gasteiger partial charge in [0.1, 0.15) is 0 Å². The SMILES string of the molecule is O=C(NCC1CN(c2ccc(-c3ccncc3)nn2)C1)C1(c2ccccc2)CC1. The van der Waals surface area contributed by atoms with Crippen LogP contribution in [0.2, 0.25) is 0 Å². The minimum absolute atomic E-state index is 0.170. The Morgan fingerprint density at radius 3 is 2.41 bits per heavy atom. The molecule has 29 heavy (non-hydrogen) atoms. The van der Waals surface area contributed by atoms with Gasteiger partial charge in [0.2, 0.25) is 5.91 Å². The molecule has 1 saturated heterocycles. The first-order chi connectivity index (χ1) is 14.2. The van der Waals surface area contributed by atoms with Crippen LogP contribution in [-0.4, -0.2) is 40.7 Å². The highest BCUT2D eigenvalue weighted by Gasteiger charge is 2.51. The highest BCUT2D eigenvalue weighted by atomic mass is 16.2. The van der Waals surface area contributed by atoms with E-state index in [4.69, 9.17) is 0 Å². The van der Waals surface area contributed by atoms with Crippen molar-refractivity contribution in [2.45, 2.75) is 18.3 Å². The van der Waals surface area contributed by atoms with Gasteiger partial charge in [-0.15, -0.1) is 10.2 Å². The number of carbonyl (C=O) groups is 1. The average molecular weight is 385 g/mol. The Kier molecular flexibility index (Phi) is 4.46. The zero-order valence-electron chi connectivity index (χ0n) is 16.2. The van der Waals surface area contributed by atoms with Crippen molar-refractivity contribution in [3.05, 3.63) is 72.6 Å². The first-order valence-electron chi connectivity index (χ1n) is 10.1. The lowest BCUT2D eigenvalue weighted by atomic mass is 9.94. The maximum absolute atomic E-state index is 12.7. The summed E-state index contributed by atoms with van der Waals surface area (Å²) in [5.74, 6) is 1.50. The molecule has 0 radical (unpaired) electrons. The quantitative estimate of drug-likeness (QED) is 0.707. The van der Waals surface area contributed by atoms with E-state index in [9.17, 15) is 4.79 Å². The highest BCUT2D eigenvalue weighted by Crippen LogP contribution is 2.48. The standard InChI is InChI=1S/C23H23N5O/c29-22(23(10-11-23)19-4-2-1-3-5-19)25-14-17-15-28(16-17)21-7-6-20(26-27-21)18-8-12-24-13-9-18/h1-9,12-13,17H,10-11,14-16H2,(H,25,29). The summed E-state index contributed by atoms with van der Waals surface area (Å²) >= 11 is 0. The monoisotopic (exact) mass is 385 g/mol. The molecule has 1 aliphatic carbocycles. The third-order valence-electron chi connectivity index (χ3n) is 5.97. The first-order valence-corrected chi connectivity index (χ1v) is 10.1. The second-order valence-electron chi connectivity index (χ2n) is 7.94. The third-order valence-corrected chi connectivity index (χ3v) is 5.97. The zero-order chi connectivity index (χ0) is 19.7. The van der Waals surface area contributed by atoms with Crippen molar-refractivity contribution in [1.29, 1.82) is 0 Å². The van der Waals surface area contributed by atoms with E-state index in [1.54, 1.807) is 12.4 Å². The largest absolute Gasteiger partial charge is 0.355 e. The van der Waals surface area contributed by atoms with Crippen molar-refractivity contribution in [2.75, 3.05) is 24.5 Å². The Morgan fingerprint density at radius 1 is 1.00 bits per heavy atom. The lowest BCUT2D eigenvalue weighted by Crippen LogP contribution is -2.52. The second-order valence-corrected chi connectivity index (χ2v) is 7.94. The maximum atomic E-state index is 12.7. The molecular weight excluding hydrogens is 362 g/mol. The molecule has 5 rings (SSSR count). The van der Waals surface area contributed by atoms with Gasteiger partial charge in [0.05, 0.1) is 11.1 Å². The van der Waals surface area contributed by atoms with Gasteiger partial charge in [0, 0.05) is 43.5 Å². The second kappa shape index (κ2) is 7.28. The molecule has 0 spiro atoms. The molecule has 1 aromatic carbocycles. The molecule has 2 aromatic heterocycles. The average Bonchev–Trinajstić information content (AvgIpc) is 3.56. The van der Waals surface area contributed by atoms with Crippen molar-refractivity contribution in [3.8, 4) is 11.3 Å². The molecule has 1 N–H and O–H groups in total. The molecule has 0 bridgehead atoms. The summed E-state index contributed by atoms with van der Waals surface area (Å²) in [6, 6.07) is 18.0. The van der Waals surface area contributed by atoms with Gasteiger partial charge in [-0.1, -0.05) is 30.3 Å². The summed E-state index contributed by atoms with van der Waals surface area (Å²) in [5, 5.41) is 11.9. The molecule has 1 aliphatic heterocycles. The molecule has 0 unspecified atom stereocenters. The van der Waals surface area contributed by atoms with E-state index in [-0.39, 0.29) is 11.3 Å². The number of aromatic nitrogens is 3. The molecular formula is C23H23N5O. The van der Waals surface area contributed by atoms with Crippen LogP contribution in [-0.2, 0) is 10.2 Å². The first kappa shape index (κ1) is 17.8. The molecule has 6 heteroatoms. The van der Waals surface area contributed by atoms with Gasteiger partial charge in [-0.3, -0.25) is 9.78 Å². The Labute approximate surface area is 170 Å². The molecule has 1 amide bonds. The van der Waals surface area contributed by atoms with Crippen LogP contribution in [0.5, 0.6) is 0 Å². The van der Waals surface area contributed by atoms with Crippen LogP contribution in [0.4, 0.5) is 5.82 Å². The van der Waals surface area contributed by atoms with Crippen LogP contribution in [0.25, 0.3) is 11.3 Å². The molecule has 0 atom stereocenters. The van der Waals surface area contributed by atoms with Crippen molar-refractivity contribution in [1.82, 2.24) is 20.5 Å². The summed E-state index contributed by atoms with van der Waals surface area (Å²) in [5.41, 5.74) is 2.70. The Morgan fingerprint density at radius 2 is 1.76 bits per heavy atom. The lowest BCUT2D eigenvalue weighted by molar-refractivity contribution is -0.123. The third kappa shape index (κ3) is 3.46. The van der Waals surface area contributed by atoms with Gasteiger partial charge in [-0.25, -0.2) is 0 Å². The van der Waals surface area contributed by atoms with Crippen LogP contribution >= 0.6 is 0 Å². The van der Waals surface area contributed by atoms with E-state index in [1.807, 2.05) is 42.5 Å². The lowest BCUT2D eigenvalue weighted by Gasteiger charge is -2.40. The molecule has 2 aliphatic rings. The van der Waals surface area contributed by atoms with Crippen LogP contribution in [0.1, 0.15) is 18.4 Å². The van der Waals surface area contributed by atoms with Crippen molar-refractivity contribution in [3.63, 3.8) is 0 Å². The summed E-state index contributed by atoms with van der Waals surface area (Å²) in [6.45, 7) is 2.50. The number of benzene rings is 1. The fraction of sp³-hybridized carbons (Fsp3) is 0.304. The van der Waals surface area contributed by atoms with Gasteiger partial charge in [0.15, 0.2) is 5.82 Å². The van der Waals surface area contributed by atoms with Crippen molar-refractivity contribution < 1.29 is 4.79 Å². The van der Waals surface area contributed by atoms with Crippen LogP contribution in [0, 0.1) is 5.92 Å². The van der Waals surface area contributed by atoms with Crippen LogP contribution in [0.3, 0.4) is 0 Å². The van der Waals surface area contributed by atoms with E-state index >= 15 is 0 Å². The number of nitrogens with one attached hydrogen (secondary N) is 1. The minimum atomic E-state index is -0.293. The number of rotatable bonds is 6. The fourth-order valence-electron chi connectivity index (χ4n) is 3.99. The minimum Gasteiger partial charge on any atom is -0.355 e. The fourth-order valence-corrected chi connectivity index (χ4v) is 3.99. The van der Waals surface area contributed by atoms with Gasteiger partial charge < -0.3 is 10.2 Å². The number of anilines is 1. The Bertz CT molecular complexity index is 981. The molecule has 6 nitrogen and oxygen atoms in total.